The molecule has 0 aliphatic heterocycles. The van der Waals surface area contributed by atoms with E-state index in [1.165, 1.54) is 0 Å². The Labute approximate surface area is 96.3 Å². The Morgan fingerprint density at radius 3 is 2.53 bits per heavy atom. The van der Waals surface area contributed by atoms with Gasteiger partial charge in [-0.2, -0.15) is 0 Å². The molecule has 4 heteroatoms. The zero-order chi connectivity index (χ0) is 10.7. The molecule has 0 fully saturated rings. The van der Waals surface area contributed by atoms with Gasteiger partial charge in [-0.25, -0.2) is 4.98 Å². The van der Waals surface area contributed by atoms with Gasteiger partial charge in [0.2, 0.25) is 5.88 Å². The predicted octanol–water partition coefficient (Wildman–Crippen LogP) is 3.34. The van der Waals surface area contributed by atoms with Crippen LogP contribution in [0.15, 0.2) is 41.1 Å². The average molecular weight is 265 g/mol. The molecule has 3 nitrogen and oxygen atoms in total. The topological polar surface area (TPSA) is 35.0 Å². The van der Waals surface area contributed by atoms with Crippen LogP contribution >= 0.6 is 15.9 Å². The van der Waals surface area contributed by atoms with Crippen molar-refractivity contribution in [3.05, 3.63) is 46.8 Å². The monoisotopic (exact) mass is 264 g/mol. The van der Waals surface area contributed by atoms with Crippen molar-refractivity contribution in [3.8, 4) is 11.6 Å². The third kappa shape index (κ3) is 2.76. The molecule has 0 saturated heterocycles. The second kappa shape index (κ2) is 4.40. The second-order valence-electron chi connectivity index (χ2n) is 3.05. The Kier molecular flexibility index (Phi) is 2.97. The van der Waals surface area contributed by atoms with Crippen LogP contribution in [0.5, 0.6) is 11.6 Å². The fourth-order valence-corrected chi connectivity index (χ4v) is 1.29. The SMILES string of the molecule is Cc1ccc(Oc2ccc(Br)cn2)cn1. The lowest BCUT2D eigenvalue weighted by molar-refractivity contribution is 0.460. The molecule has 0 amide bonds. The zero-order valence-corrected chi connectivity index (χ0v) is 9.73. The van der Waals surface area contributed by atoms with Crippen molar-refractivity contribution in [1.82, 2.24) is 9.97 Å². The molecular formula is C11H9BrN2O. The van der Waals surface area contributed by atoms with E-state index in [9.17, 15) is 0 Å². The number of nitrogens with zero attached hydrogens (tertiary/aromatic N) is 2. The Bertz CT molecular complexity index is 396. The van der Waals surface area contributed by atoms with E-state index < -0.39 is 0 Å². The fourth-order valence-electron chi connectivity index (χ4n) is 1.06. The predicted molar refractivity (Wildman–Crippen MR) is 61.0 cm³/mol. The number of halogens is 1. The van der Waals surface area contributed by atoms with E-state index in [2.05, 4.69) is 25.9 Å². The molecule has 2 aromatic rings. The molecular weight excluding hydrogens is 256 g/mol. The molecule has 0 bridgehead atoms. The molecule has 0 unspecified atom stereocenters. The number of aryl methyl sites for hydroxylation is 1. The maximum atomic E-state index is 5.49. The van der Waals surface area contributed by atoms with Crippen molar-refractivity contribution < 1.29 is 4.74 Å². The summed E-state index contributed by atoms with van der Waals surface area (Å²) in [6.07, 6.45) is 3.37. The van der Waals surface area contributed by atoms with Crippen LogP contribution in [0.3, 0.4) is 0 Å². The maximum absolute atomic E-state index is 5.49. The van der Waals surface area contributed by atoms with Crippen molar-refractivity contribution in [2.45, 2.75) is 6.92 Å². The van der Waals surface area contributed by atoms with Gasteiger partial charge >= 0.3 is 0 Å². The van der Waals surface area contributed by atoms with Gasteiger partial charge in [0.1, 0.15) is 5.75 Å². The largest absolute Gasteiger partial charge is 0.437 e. The Hall–Kier alpha value is -1.42. The highest BCUT2D eigenvalue weighted by molar-refractivity contribution is 9.10. The van der Waals surface area contributed by atoms with Crippen LogP contribution in [0.1, 0.15) is 5.69 Å². The molecule has 15 heavy (non-hydrogen) atoms. The first kappa shape index (κ1) is 10.1. The number of aromatic nitrogens is 2. The Morgan fingerprint density at radius 2 is 1.93 bits per heavy atom. The summed E-state index contributed by atoms with van der Waals surface area (Å²) in [7, 11) is 0. The summed E-state index contributed by atoms with van der Waals surface area (Å²) < 4.78 is 6.42. The van der Waals surface area contributed by atoms with Gasteiger partial charge in [0.15, 0.2) is 0 Å². The van der Waals surface area contributed by atoms with Crippen molar-refractivity contribution in [1.29, 1.82) is 0 Å². The summed E-state index contributed by atoms with van der Waals surface area (Å²) in [5.74, 6) is 1.25. The van der Waals surface area contributed by atoms with Gasteiger partial charge in [-0.05, 0) is 41.1 Å². The number of hydrogen-bond donors (Lipinski definition) is 0. The summed E-state index contributed by atoms with van der Waals surface area (Å²) in [5.41, 5.74) is 0.964. The molecule has 0 saturated carbocycles. The normalized spacial score (nSPS) is 10.0. The Balaban J connectivity index is 2.15. The van der Waals surface area contributed by atoms with Crippen LogP contribution < -0.4 is 4.74 Å². The molecule has 0 aliphatic rings. The van der Waals surface area contributed by atoms with Crippen LogP contribution in [0.4, 0.5) is 0 Å². The zero-order valence-electron chi connectivity index (χ0n) is 8.14. The quantitative estimate of drug-likeness (QED) is 0.835. The van der Waals surface area contributed by atoms with Crippen molar-refractivity contribution >= 4 is 15.9 Å². The lowest BCUT2D eigenvalue weighted by atomic mass is 10.4. The van der Waals surface area contributed by atoms with Gasteiger partial charge in [-0.15, -0.1) is 0 Å². The minimum absolute atomic E-state index is 0.559. The highest BCUT2D eigenvalue weighted by Crippen LogP contribution is 2.19. The molecule has 0 aromatic carbocycles. The summed E-state index contributed by atoms with van der Waals surface area (Å²) >= 11 is 3.31. The van der Waals surface area contributed by atoms with E-state index in [1.54, 1.807) is 18.5 Å². The summed E-state index contributed by atoms with van der Waals surface area (Å²) in [5, 5.41) is 0. The number of rotatable bonds is 2. The molecule has 0 N–H and O–H groups in total. The van der Waals surface area contributed by atoms with Crippen LogP contribution in [0, 0.1) is 6.92 Å². The smallest absolute Gasteiger partial charge is 0.219 e. The van der Waals surface area contributed by atoms with Crippen molar-refractivity contribution in [2.24, 2.45) is 0 Å². The summed E-state index contributed by atoms with van der Waals surface area (Å²) in [6, 6.07) is 7.44. The van der Waals surface area contributed by atoms with E-state index in [1.807, 2.05) is 25.1 Å². The lowest BCUT2D eigenvalue weighted by Gasteiger charge is -2.03. The van der Waals surface area contributed by atoms with E-state index in [-0.39, 0.29) is 0 Å². The highest BCUT2D eigenvalue weighted by Gasteiger charge is 1.98. The average Bonchev–Trinajstić information content (AvgIpc) is 2.25. The minimum atomic E-state index is 0.559. The number of ether oxygens (including phenoxy) is 1. The second-order valence-corrected chi connectivity index (χ2v) is 3.97. The maximum Gasteiger partial charge on any atom is 0.219 e. The number of pyridine rings is 2. The van der Waals surface area contributed by atoms with Crippen molar-refractivity contribution in [3.63, 3.8) is 0 Å². The number of hydrogen-bond acceptors (Lipinski definition) is 3. The van der Waals surface area contributed by atoms with Crippen LogP contribution in [-0.2, 0) is 0 Å². The van der Waals surface area contributed by atoms with E-state index in [0.717, 1.165) is 10.2 Å². The van der Waals surface area contributed by atoms with Gasteiger partial charge in [0.25, 0.3) is 0 Å². The van der Waals surface area contributed by atoms with E-state index in [4.69, 9.17) is 4.74 Å². The van der Waals surface area contributed by atoms with E-state index in [0.29, 0.717) is 11.6 Å². The van der Waals surface area contributed by atoms with Gasteiger partial charge in [-0.1, -0.05) is 0 Å². The van der Waals surface area contributed by atoms with Crippen LogP contribution in [0.2, 0.25) is 0 Å². The molecule has 0 spiro atoms. The first-order valence-corrected chi connectivity index (χ1v) is 5.25. The fraction of sp³-hybridized carbons (Fsp3) is 0.0909. The third-order valence-corrected chi connectivity index (χ3v) is 2.28. The molecule has 0 radical (unpaired) electrons. The van der Waals surface area contributed by atoms with Gasteiger partial charge in [0.05, 0.1) is 6.20 Å². The molecule has 76 valence electrons. The van der Waals surface area contributed by atoms with Gasteiger partial charge in [0, 0.05) is 22.4 Å². The van der Waals surface area contributed by atoms with Crippen molar-refractivity contribution in [2.75, 3.05) is 0 Å². The summed E-state index contributed by atoms with van der Waals surface area (Å²) in [6.45, 7) is 1.93. The highest BCUT2D eigenvalue weighted by atomic mass is 79.9. The molecule has 2 aromatic heterocycles. The van der Waals surface area contributed by atoms with Crippen LogP contribution in [-0.4, -0.2) is 9.97 Å². The molecule has 2 rings (SSSR count). The third-order valence-electron chi connectivity index (χ3n) is 1.81. The Morgan fingerprint density at radius 1 is 1.07 bits per heavy atom. The van der Waals surface area contributed by atoms with Gasteiger partial charge < -0.3 is 4.74 Å². The first-order valence-electron chi connectivity index (χ1n) is 4.46. The standard InChI is InChI=1S/C11H9BrN2O/c1-8-2-4-10(7-13-8)15-11-5-3-9(12)6-14-11/h2-7H,1H3. The molecule has 2 heterocycles. The molecule has 0 aliphatic carbocycles. The van der Waals surface area contributed by atoms with Crippen LogP contribution in [0.25, 0.3) is 0 Å². The summed E-state index contributed by atoms with van der Waals surface area (Å²) in [4.78, 5) is 8.23. The van der Waals surface area contributed by atoms with E-state index >= 15 is 0 Å². The first-order chi connectivity index (χ1) is 7.24. The lowest BCUT2D eigenvalue weighted by Crippen LogP contribution is -1.88. The van der Waals surface area contributed by atoms with Gasteiger partial charge in [-0.3, -0.25) is 4.98 Å². The minimum Gasteiger partial charge on any atom is -0.437 e. The molecule has 0 atom stereocenters.